The first-order chi connectivity index (χ1) is 10.3. The Morgan fingerprint density at radius 3 is 1.96 bits per heavy atom. The van der Waals surface area contributed by atoms with Crippen molar-refractivity contribution in [3.05, 3.63) is 0 Å². The molecule has 4 nitrogen and oxygen atoms in total. The van der Waals surface area contributed by atoms with Crippen molar-refractivity contribution in [3.63, 3.8) is 0 Å². The van der Waals surface area contributed by atoms with Crippen LogP contribution in [0.5, 0.6) is 0 Å². The van der Waals surface area contributed by atoms with Gasteiger partial charge < -0.3 is 14.9 Å². The Balaban J connectivity index is 2.20. The first-order valence-electron chi connectivity index (χ1n) is 8.95. The van der Waals surface area contributed by atoms with E-state index in [0.29, 0.717) is 5.92 Å². The maximum atomic E-state index is 12.4. The third-order valence-electron chi connectivity index (χ3n) is 6.27. The van der Waals surface area contributed by atoms with E-state index in [0.717, 1.165) is 19.3 Å². The summed E-state index contributed by atoms with van der Waals surface area (Å²) < 4.78 is 5.86. The van der Waals surface area contributed by atoms with Crippen molar-refractivity contribution in [2.24, 2.45) is 29.1 Å². The van der Waals surface area contributed by atoms with E-state index in [1.807, 2.05) is 48.5 Å². The minimum Gasteiger partial charge on any atom is -0.462 e. The van der Waals surface area contributed by atoms with Gasteiger partial charge in [0.2, 0.25) is 0 Å². The zero-order valence-electron chi connectivity index (χ0n) is 15.7. The van der Waals surface area contributed by atoms with E-state index in [2.05, 4.69) is 0 Å². The lowest BCUT2D eigenvalue weighted by molar-refractivity contribution is -0.172. The fraction of sp³-hybridized carbons (Fsp3) is 0.947. The summed E-state index contributed by atoms with van der Waals surface area (Å²) in [6.45, 7) is 13.1. The van der Waals surface area contributed by atoms with Crippen molar-refractivity contribution in [2.75, 3.05) is 0 Å². The number of aliphatic hydroxyl groups is 2. The fourth-order valence-electron chi connectivity index (χ4n) is 4.86. The van der Waals surface area contributed by atoms with E-state index >= 15 is 0 Å². The SMILES string of the molecule is CCC(C)(C)C(=O)OC1CC2CC1C(C(C)(C)O)C2C(C)(C)O. The molecule has 0 aromatic carbocycles. The van der Waals surface area contributed by atoms with Gasteiger partial charge in [-0.2, -0.15) is 0 Å². The molecule has 2 N–H and O–H groups in total. The van der Waals surface area contributed by atoms with E-state index < -0.39 is 16.6 Å². The lowest BCUT2D eigenvalue weighted by Gasteiger charge is -2.46. The van der Waals surface area contributed by atoms with Crippen LogP contribution in [0.15, 0.2) is 0 Å². The normalized spacial score (nSPS) is 34.7. The van der Waals surface area contributed by atoms with Crippen LogP contribution in [0.3, 0.4) is 0 Å². The van der Waals surface area contributed by atoms with Gasteiger partial charge in [0.25, 0.3) is 0 Å². The topological polar surface area (TPSA) is 66.8 Å². The molecule has 0 heterocycles. The van der Waals surface area contributed by atoms with Gasteiger partial charge in [0, 0.05) is 5.92 Å². The van der Waals surface area contributed by atoms with Gasteiger partial charge in [0.05, 0.1) is 16.6 Å². The highest BCUT2D eigenvalue weighted by atomic mass is 16.5. The Morgan fingerprint density at radius 1 is 1.00 bits per heavy atom. The summed E-state index contributed by atoms with van der Waals surface area (Å²) in [5.41, 5.74) is -2.20. The molecule has 5 atom stereocenters. The van der Waals surface area contributed by atoms with E-state index in [-0.39, 0.29) is 29.8 Å². The van der Waals surface area contributed by atoms with Gasteiger partial charge in [0.1, 0.15) is 6.10 Å². The zero-order chi connectivity index (χ0) is 17.8. The Bertz CT molecular complexity index is 455. The minimum atomic E-state index is -0.893. The minimum absolute atomic E-state index is 0.0432. The van der Waals surface area contributed by atoms with Gasteiger partial charge in [-0.15, -0.1) is 0 Å². The molecule has 23 heavy (non-hydrogen) atoms. The monoisotopic (exact) mass is 326 g/mol. The molecule has 4 heteroatoms. The molecule has 134 valence electrons. The highest BCUT2D eigenvalue weighted by Gasteiger charge is 2.61. The van der Waals surface area contributed by atoms with Crippen LogP contribution in [-0.2, 0) is 9.53 Å². The lowest BCUT2D eigenvalue weighted by atomic mass is 9.65. The van der Waals surface area contributed by atoms with Crippen molar-refractivity contribution in [2.45, 2.75) is 85.0 Å². The molecule has 0 saturated heterocycles. The maximum Gasteiger partial charge on any atom is 0.311 e. The van der Waals surface area contributed by atoms with Crippen LogP contribution in [0.4, 0.5) is 0 Å². The van der Waals surface area contributed by atoms with Gasteiger partial charge in [-0.1, -0.05) is 6.92 Å². The van der Waals surface area contributed by atoms with Crippen LogP contribution >= 0.6 is 0 Å². The molecule has 2 bridgehead atoms. The second-order valence-corrected chi connectivity index (χ2v) is 9.44. The smallest absolute Gasteiger partial charge is 0.311 e. The molecule has 2 fully saturated rings. The Morgan fingerprint density at radius 2 is 1.52 bits per heavy atom. The number of ether oxygens (including phenoxy) is 1. The third-order valence-corrected chi connectivity index (χ3v) is 6.27. The second-order valence-electron chi connectivity index (χ2n) is 9.44. The molecule has 0 spiro atoms. The molecule has 5 unspecified atom stereocenters. The van der Waals surface area contributed by atoms with Gasteiger partial charge in [-0.3, -0.25) is 4.79 Å². The first kappa shape index (κ1) is 18.7. The highest BCUT2D eigenvalue weighted by molar-refractivity contribution is 5.76. The van der Waals surface area contributed by atoms with Gasteiger partial charge in [-0.05, 0) is 78.6 Å². The van der Waals surface area contributed by atoms with E-state index in [9.17, 15) is 15.0 Å². The summed E-state index contributed by atoms with van der Waals surface area (Å²) >= 11 is 0. The summed E-state index contributed by atoms with van der Waals surface area (Å²) in [7, 11) is 0. The van der Waals surface area contributed by atoms with Crippen LogP contribution in [0.2, 0.25) is 0 Å². The molecule has 2 aliphatic rings. The van der Waals surface area contributed by atoms with Crippen LogP contribution < -0.4 is 0 Å². The zero-order valence-corrected chi connectivity index (χ0v) is 15.7. The molecule has 2 aliphatic carbocycles. The highest BCUT2D eigenvalue weighted by Crippen LogP contribution is 2.59. The summed E-state index contributed by atoms with van der Waals surface area (Å²) in [6.07, 6.45) is 2.34. The van der Waals surface area contributed by atoms with Crippen molar-refractivity contribution in [1.29, 1.82) is 0 Å². The van der Waals surface area contributed by atoms with E-state index in [1.165, 1.54) is 0 Å². The lowest BCUT2D eigenvalue weighted by Crippen LogP contribution is -2.52. The number of esters is 1. The van der Waals surface area contributed by atoms with Crippen molar-refractivity contribution in [3.8, 4) is 0 Å². The molecule has 0 aromatic heterocycles. The average molecular weight is 326 g/mol. The van der Waals surface area contributed by atoms with Crippen molar-refractivity contribution >= 4 is 5.97 Å². The number of hydrogen-bond acceptors (Lipinski definition) is 4. The number of carbonyl (C=O) groups excluding carboxylic acids is 1. The standard InChI is InChI=1S/C19H34O4/c1-8-17(2,3)16(20)23-13-10-11-9-12(13)15(19(6,7)22)14(11)18(4,5)21/h11-15,21-22H,8-10H2,1-7H3. The quantitative estimate of drug-likeness (QED) is 0.762. The number of rotatable bonds is 5. The van der Waals surface area contributed by atoms with Crippen LogP contribution in [0.25, 0.3) is 0 Å². The summed E-state index contributed by atoms with van der Waals surface area (Å²) in [6, 6.07) is 0. The van der Waals surface area contributed by atoms with Crippen LogP contribution in [0.1, 0.15) is 67.7 Å². The molecule has 0 aromatic rings. The van der Waals surface area contributed by atoms with Crippen molar-refractivity contribution < 1.29 is 19.7 Å². The maximum absolute atomic E-state index is 12.4. The second kappa shape index (κ2) is 5.73. The molecular formula is C19H34O4. The average Bonchev–Trinajstić information content (AvgIpc) is 2.94. The van der Waals surface area contributed by atoms with Gasteiger partial charge in [0.15, 0.2) is 0 Å². The molecule has 0 radical (unpaired) electrons. The molecule has 0 aliphatic heterocycles. The summed E-state index contributed by atoms with van der Waals surface area (Å²) in [4.78, 5) is 12.4. The van der Waals surface area contributed by atoms with E-state index in [1.54, 1.807) is 0 Å². The van der Waals surface area contributed by atoms with Crippen LogP contribution in [0, 0.1) is 29.1 Å². The Hall–Kier alpha value is -0.610. The summed E-state index contributed by atoms with van der Waals surface area (Å²) in [5.74, 6) is 0.282. The predicted octanol–water partition coefficient (Wildman–Crippen LogP) is 3.15. The largest absolute Gasteiger partial charge is 0.462 e. The van der Waals surface area contributed by atoms with E-state index in [4.69, 9.17) is 4.74 Å². The van der Waals surface area contributed by atoms with Gasteiger partial charge in [-0.25, -0.2) is 0 Å². The molecule has 2 saturated carbocycles. The number of carbonyl (C=O) groups is 1. The molecular weight excluding hydrogens is 292 g/mol. The molecule has 0 amide bonds. The number of hydrogen-bond donors (Lipinski definition) is 2. The van der Waals surface area contributed by atoms with Gasteiger partial charge >= 0.3 is 5.97 Å². The fourth-order valence-corrected chi connectivity index (χ4v) is 4.86. The predicted molar refractivity (Wildman–Crippen MR) is 89.7 cm³/mol. The Labute approximate surface area is 140 Å². The van der Waals surface area contributed by atoms with Crippen LogP contribution in [-0.4, -0.2) is 33.5 Å². The van der Waals surface area contributed by atoms with Crippen molar-refractivity contribution in [1.82, 2.24) is 0 Å². The first-order valence-corrected chi connectivity index (χ1v) is 8.95. The Kier molecular flexibility index (Phi) is 4.67. The molecule has 2 rings (SSSR count). The third kappa shape index (κ3) is 3.43. The number of fused-ring (bicyclic) bond motifs is 2. The summed E-state index contributed by atoms with van der Waals surface area (Å²) in [5, 5.41) is 21.3.